The van der Waals surface area contributed by atoms with Gasteiger partial charge in [0.15, 0.2) is 0 Å². The van der Waals surface area contributed by atoms with Crippen molar-refractivity contribution in [2.24, 2.45) is 0 Å². The summed E-state index contributed by atoms with van der Waals surface area (Å²) < 4.78 is 1.09. The van der Waals surface area contributed by atoms with E-state index >= 15 is 0 Å². The molecule has 1 aliphatic heterocycles. The van der Waals surface area contributed by atoms with Crippen molar-refractivity contribution in [3.8, 4) is 0 Å². The molecule has 0 atom stereocenters. The minimum atomic E-state index is 0.531. The largest absolute Gasteiger partial charge is 0.381 e. The molecule has 2 nitrogen and oxygen atoms in total. The maximum Gasteiger partial charge on any atom is 0.0501 e. The first kappa shape index (κ1) is 16.9. The van der Waals surface area contributed by atoms with E-state index in [4.69, 9.17) is 11.6 Å². The van der Waals surface area contributed by atoms with Gasteiger partial charge in [0.25, 0.3) is 0 Å². The SMILES string of the molecule is CC(C)=CCN1CCC(Nc2cc(Cl)c(C)cc2Br)CC1. The fraction of sp³-hybridized carbons (Fsp3) is 0.529. The summed E-state index contributed by atoms with van der Waals surface area (Å²) in [4.78, 5) is 2.52. The lowest BCUT2D eigenvalue weighted by Gasteiger charge is -2.32. The van der Waals surface area contributed by atoms with Gasteiger partial charge in [-0.05, 0) is 67.2 Å². The number of likely N-dealkylation sites (tertiary alicyclic amines) is 1. The average molecular weight is 372 g/mol. The highest BCUT2D eigenvalue weighted by Gasteiger charge is 2.19. The molecule has 4 heteroatoms. The van der Waals surface area contributed by atoms with Crippen LogP contribution >= 0.6 is 27.5 Å². The first-order chi connectivity index (χ1) is 9.95. The molecule has 116 valence electrons. The van der Waals surface area contributed by atoms with E-state index in [1.165, 1.54) is 18.4 Å². The van der Waals surface area contributed by atoms with E-state index in [-0.39, 0.29) is 0 Å². The maximum atomic E-state index is 6.22. The average Bonchev–Trinajstić information content (AvgIpc) is 2.44. The summed E-state index contributed by atoms with van der Waals surface area (Å²) in [5.41, 5.74) is 3.60. The van der Waals surface area contributed by atoms with Crippen molar-refractivity contribution in [3.63, 3.8) is 0 Å². The molecule has 1 aliphatic rings. The number of halogens is 2. The number of allylic oxidation sites excluding steroid dienone is 1. The Bertz CT molecular complexity index is 516. The van der Waals surface area contributed by atoms with Crippen LogP contribution in [0.3, 0.4) is 0 Å². The Morgan fingerprint density at radius 1 is 1.38 bits per heavy atom. The van der Waals surface area contributed by atoms with E-state index in [1.54, 1.807) is 0 Å². The third kappa shape index (κ3) is 5.01. The van der Waals surface area contributed by atoms with Crippen LogP contribution in [-0.2, 0) is 0 Å². The van der Waals surface area contributed by atoms with Crippen molar-refractivity contribution in [1.82, 2.24) is 4.90 Å². The first-order valence-electron chi connectivity index (χ1n) is 7.53. The predicted molar refractivity (Wildman–Crippen MR) is 96.4 cm³/mol. The highest BCUT2D eigenvalue weighted by atomic mass is 79.9. The maximum absolute atomic E-state index is 6.22. The second-order valence-corrected chi connectivity index (χ2v) is 7.34. The first-order valence-corrected chi connectivity index (χ1v) is 8.70. The van der Waals surface area contributed by atoms with E-state index in [1.807, 2.05) is 13.0 Å². The molecular weight excluding hydrogens is 348 g/mol. The van der Waals surface area contributed by atoms with Crippen LogP contribution in [0, 0.1) is 6.92 Å². The Morgan fingerprint density at radius 2 is 2.05 bits per heavy atom. The molecule has 0 unspecified atom stereocenters. The second-order valence-electron chi connectivity index (χ2n) is 6.08. The molecule has 0 radical (unpaired) electrons. The summed E-state index contributed by atoms with van der Waals surface area (Å²) in [5.74, 6) is 0. The summed E-state index contributed by atoms with van der Waals surface area (Å²) in [5, 5.41) is 4.45. The fourth-order valence-corrected chi connectivity index (χ4v) is 3.28. The Labute approximate surface area is 141 Å². The van der Waals surface area contributed by atoms with Gasteiger partial charge in [-0.1, -0.05) is 23.3 Å². The van der Waals surface area contributed by atoms with Crippen LogP contribution in [0.4, 0.5) is 5.69 Å². The number of aryl methyl sites for hydroxylation is 1. The van der Waals surface area contributed by atoms with Gasteiger partial charge < -0.3 is 5.32 Å². The Balaban J connectivity index is 1.89. The molecule has 1 heterocycles. The fourth-order valence-electron chi connectivity index (χ4n) is 2.55. The van der Waals surface area contributed by atoms with Crippen LogP contribution in [0.1, 0.15) is 32.3 Å². The summed E-state index contributed by atoms with van der Waals surface area (Å²) in [6.45, 7) is 9.73. The lowest BCUT2D eigenvalue weighted by molar-refractivity contribution is 0.240. The normalized spacial score (nSPS) is 16.8. The van der Waals surface area contributed by atoms with E-state index in [9.17, 15) is 0 Å². The molecule has 21 heavy (non-hydrogen) atoms. The lowest BCUT2D eigenvalue weighted by atomic mass is 10.0. The summed E-state index contributed by atoms with van der Waals surface area (Å²) in [6, 6.07) is 4.63. The molecule has 0 spiro atoms. The Kier molecular flexibility index (Phi) is 6.15. The third-order valence-electron chi connectivity index (χ3n) is 3.95. The number of nitrogens with one attached hydrogen (secondary N) is 1. The summed E-state index contributed by atoms with van der Waals surface area (Å²) in [6.07, 6.45) is 4.66. The van der Waals surface area contributed by atoms with Crippen LogP contribution in [0.2, 0.25) is 5.02 Å². The van der Waals surface area contributed by atoms with Crippen LogP contribution in [-0.4, -0.2) is 30.6 Å². The second kappa shape index (κ2) is 7.66. The monoisotopic (exact) mass is 370 g/mol. The van der Waals surface area contributed by atoms with Gasteiger partial charge >= 0.3 is 0 Å². The van der Waals surface area contributed by atoms with Gasteiger partial charge in [0.05, 0.1) is 5.69 Å². The number of anilines is 1. The van der Waals surface area contributed by atoms with Crippen LogP contribution in [0.15, 0.2) is 28.3 Å². The van der Waals surface area contributed by atoms with Crippen molar-refractivity contribution < 1.29 is 0 Å². The quantitative estimate of drug-likeness (QED) is 0.727. The lowest BCUT2D eigenvalue weighted by Crippen LogP contribution is -2.39. The van der Waals surface area contributed by atoms with Crippen molar-refractivity contribution in [2.75, 3.05) is 25.0 Å². The number of hydrogen-bond acceptors (Lipinski definition) is 2. The molecule has 1 saturated heterocycles. The molecule has 0 bridgehead atoms. The van der Waals surface area contributed by atoms with Crippen molar-refractivity contribution >= 4 is 33.2 Å². The molecule has 1 aromatic carbocycles. The Morgan fingerprint density at radius 3 is 2.67 bits per heavy atom. The van der Waals surface area contributed by atoms with E-state index in [0.717, 1.165) is 40.4 Å². The molecular formula is C17H24BrClN2. The van der Waals surface area contributed by atoms with Gasteiger partial charge in [-0.3, -0.25) is 4.90 Å². The van der Waals surface area contributed by atoms with E-state index in [2.05, 4.69) is 52.1 Å². The minimum absolute atomic E-state index is 0.531. The molecule has 1 N–H and O–H groups in total. The zero-order chi connectivity index (χ0) is 15.4. The number of piperidine rings is 1. The highest BCUT2D eigenvalue weighted by molar-refractivity contribution is 9.10. The van der Waals surface area contributed by atoms with Gasteiger partial charge in [-0.15, -0.1) is 0 Å². The predicted octanol–water partition coefficient (Wildman–Crippen LogP) is 5.25. The van der Waals surface area contributed by atoms with Gasteiger partial charge in [0.2, 0.25) is 0 Å². The van der Waals surface area contributed by atoms with Crippen LogP contribution in [0.25, 0.3) is 0 Å². The molecule has 0 aromatic heterocycles. The summed E-state index contributed by atoms with van der Waals surface area (Å²) >= 11 is 9.84. The molecule has 0 aliphatic carbocycles. The third-order valence-corrected chi connectivity index (χ3v) is 5.02. The van der Waals surface area contributed by atoms with Crippen molar-refractivity contribution in [1.29, 1.82) is 0 Å². The summed E-state index contributed by atoms with van der Waals surface area (Å²) in [7, 11) is 0. The molecule has 1 fully saturated rings. The molecule has 0 saturated carbocycles. The minimum Gasteiger partial charge on any atom is -0.381 e. The zero-order valence-electron chi connectivity index (χ0n) is 13.0. The number of hydrogen-bond donors (Lipinski definition) is 1. The van der Waals surface area contributed by atoms with E-state index in [0.29, 0.717) is 6.04 Å². The standard InChI is InChI=1S/C17H24BrClN2/c1-12(2)4-7-21-8-5-14(6-9-21)20-17-11-16(19)13(3)10-15(17)18/h4,10-11,14,20H,5-9H2,1-3H3. The molecule has 1 aromatic rings. The van der Waals surface area contributed by atoms with Crippen LogP contribution < -0.4 is 5.32 Å². The van der Waals surface area contributed by atoms with Crippen molar-refractivity contribution in [3.05, 3.63) is 38.8 Å². The van der Waals surface area contributed by atoms with Gasteiger partial charge in [0.1, 0.15) is 0 Å². The smallest absolute Gasteiger partial charge is 0.0501 e. The zero-order valence-corrected chi connectivity index (χ0v) is 15.4. The Hall–Kier alpha value is -0.510. The number of rotatable bonds is 4. The number of benzene rings is 1. The number of nitrogens with zero attached hydrogens (tertiary/aromatic N) is 1. The van der Waals surface area contributed by atoms with Gasteiger partial charge in [-0.2, -0.15) is 0 Å². The van der Waals surface area contributed by atoms with Crippen LogP contribution in [0.5, 0.6) is 0 Å². The van der Waals surface area contributed by atoms with Gasteiger partial charge in [-0.25, -0.2) is 0 Å². The topological polar surface area (TPSA) is 15.3 Å². The highest BCUT2D eigenvalue weighted by Crippen LogP contribution is 2.30. The molecule has 0 amide bonds. The van der Waals surface area contributed by atoms with Gasteiger partial charge in [0, 0.05) is 35.2 Å². The van der Waals surface area contributed by atoms with Crippen molar-refractivity contribution in [2.45, 2.75) is 39.7 Å². The molecule has 2 rings (SSSR count). The van der Waals surface area contributed by atoms with E-state index < -0.39 is 0 Å².